The van der Waals surface area contributed by atoms with Crippen molar-refractivity contribution >= 4 is 12.4 Å². The third-order valence-electron chi connectivity index (χ3n) is 0. The summed E-state index contributed by atoms with van der Waals surface area (Å²) in [6.07, 6.45) is 0. The Bertz CT molecular complexity index is 11.6. The summed E-state index contributed by atoms with van der Waals surface area (Å²) in [6.45, 7) is 0. The van der Waals surface area contributed by atoms with E-state index < -0.39 is 0 Å². The van der Waals surface area contributed by atoms with Gasteiger partial charge in [0.15, 0.2) is 0 Å². The molecule has 33 valence electrons. The quantitative estimate of drug-likeness (QED) is 0.380. The van der Waals surface area contributed by atoms with Gasteiger partial charge in [0, 0.05) is 89.4 Å². The van der Waals surface area contributed by atoms with Crippen molar-refractivity contribution in [3.63, 3.8) is 0 Å². The maximum absolute atomic E-state index is 0. The zero-order chi connectivity index (χ0) is 0. The van der Waals surface area contributed by atoms with Crippen LogP contribution in [-0.4, -0.2) is 0 Å². The van der Waals surface area contributed by atoms with Crippen molar-refractivity contribution in [1.29, 1.82) is 0 Å². The van der Waals surface area contributed by atoms with Gasteiger partial charge in [-0.2, -0.15) is 0 Å². The normalized spacial score (nSPS) is 0. The van der Waals surface area contributed by atoms with E-state index in [0.717, 1.165) is 0 Å². The van der Waals surface area contributed by atoms with E-state index in [9.17, 15) is 0 Å². The molecule has 0 aliphatic carbocycles. The van der Waals surface area contributed by atoms with Crippen molar-refractivity contribution in [2.45, 2.75) is 0 Å². The molecule has 1 radical (unpaired) electrons. The van der Waals surface area contributed by atoms with Gasteiger partial charge >= 0.3 is 0 Å². The van der Waals surface area contributed by atoms with E-state index in [2.05, 4.69) is 0 Å². The first kappa shape index (κ1) is 41.2. The summed E-state index contributed by atoms with van der Waals surface area (Å²) < 4.78 is 0. The average Bonchev–Trinajstić information content (AvgIpc) is 0. The molecule has 0 bridgehead atoms. The Kier molecular flexibility index (Phi) is 221. The minimum Gasteiger partial charge on any atom is -0.147 e. The van der Waals surface area contributed by atoms with Crippen molar-refractivity contribution in [3.8, 4) is 0 Å². The molecule has 0 aliphatic rings. The predicted octanol–water partition coefficient (Wildman–Crippen LogP) is 0.412. The van der Waals surface area contributed by atoms with Crippen LogP contribution in [-0.2, 0) is 89.4 Å². The molecule has 0 amide bonds. The van der Waals surface area contributed by atoms with Crippen molar-refractivity contribution in [2.24, 2.45) is 0 Å². The minimum absolute atomic E-state index is 0. The van der Waals surface area contributed by atoms with Gasteiger partial charge in [-0.15, -0.1) is 12.4 Å². The molecular formula is HClPtReTiZr. The maximum Gasteiger partial charge on any atom is 0 e. The fourth-order valence-corrected chi connectivity index (χ4v) is 0. The Hall–Kier alpha value is 3.24. The second kappa shape index (κ2) is 26.9. The SMILES string of the molecule is Cl.[Pt].[Re].[Ti].[Zr]. The first-order valence-corrected chi connectivity index (χ1v) is 0. The fourth-order valence-electron chi connectivity index (χ4n) is 0. The van der Waals surface area contributed by atoms with Crippen LogP contribution in [0.5, 0.6) is 0 Å². The van der Waals surface area contributed by atoms with Crippen molar-refractivity contribution < 1.29 is 89.4 Å². The van der Waals surface area contributed by atoms with E-state index in [4.69, 9.17) is 0 Å². The Morgan fingerprint density at radius 2 is 1.00 bits per heavy atom. The Labute approximate surface area is 99.9 Å². The second-order valence-corrected chi connectivity index (χ2v) is 0. The zero-order valence-electron chi connectivity index (χ0n) is 2.10. The third-order valence-corrected chi connectivity index (χ3v) is 0. The molecule has 5 heavy (non-hydrogen) atoms. The number of hydrogen-bond acceptors (Lipinski definition) is 0. The molecule has 0 saturated heterocycles. The Morgan fingerprint density at radius 1 is 1.00 bits per heavy atom. The molecule has 0 aromatic rings. The van der Waals surface area contributed by atoms with Crippen molar-refractivity contribution in [3.05, 3.63) is 0 Å². The van der Waals surface area contributed by atoms with Crippen LogP contribution in [0.1, 0.15) is 0 Å². The smallest absolute Gasteiger partial charge is 0 e. The monoisotopic (exact) mass is 556 g/mol. The van der Waals surface area contributed by atoms with Crippen LogP contribution in [0.25, 0.3) is 0 Å². The molecule has 0 N–H and O–H groups in total. The topological polar surface area (TPSA) is 0 Å². The molecule has 0 atom stereocenters. The zero-order valence-corrected chi connectivity index (χ0v) is 11.9. The van der Waals surface area contributed by atoms with Crippen LogP contribution >= 0.6 is 12.4 Å². The van der Waals surface area contributed by atoms with E-state index >= 15 is 0 Å². The average molecular weight is 557 g/mol. The van der Waals surface area contributed by atoms with Gasteiger partial charge in [0.2, 0.25) is 0 Å². The molecule has 0 spiro atoms. The molecule has 0 saturated carbocycles. The van der Waals surface area contributed by atoms with Crippen LogP contribution in [0, 0.1) is 0 Å². The van der Waals surface area contributed by atoms with Crippen LogP contribution < -0.4 is 0 Å². The summed E-state index contributed by atoms with van der Waals surface area (Å²) in [4.78, 5) is 0. The van der Waals surface area contributed by atoms with Gasteiger partial charge in [-0.3, -0.25) is 0 Å². The maximum atomic E-state index is 0. The molecule has 0 fully saturated rings. The molecular weight excluding hydrogens is 556 g/mol. The molecule has 0 nitrogen and oxygen atoms in total. The van der Waals surface area contributed by atoms with Gasteiger partial charge in [-0.25, -0.2) is 0 Å². The van der Waals surface area contributed by atoms with Gasteiger partial charge < -0.3 is 0 Å². The summed E-state index contributed by atoms with van der Waals surface area (Å²) >= 11 is 0. The molecule has 0 unspecified atom stereocenters. The van der Waals surface area contributed by atoms with Crippen LogP contribution in [0.2, 0.25) is 0 Å². The van der Waals surface area contributed by atoms with E-state index in [0.29, 0.717) is 0 Å². The summed E-state index contributed by atoms with van der Waals surface area (Å²) in [7, 11) is 0. The van der Waals surface area contributed by atoms with E-state index in [1.165, 1.54) is 0 Å². The number of hydrogen-bond donors (Lipinski definition) is 0. The molecule has 0 aliphatic heterocycles. The van der Waals surface area contributed by atoms with Crippen LogP contribution in [0.4, 0.5) is 0 Å². The van der Waals surface area contributed by atoms with E-state index in [-0.39, 0.29) is 102 Å². The molecule has 0 heterocycles. The molecule has 0 aromatic heterocycles. The first-order chi connectivity index (χ1) is 0. The van der Waals surface area contributed by atoms with Crippen LogP contribution in [0.15, 0.2) is 0 Å². The standard InChI is InChI=1S/ClH.Pt.Re.Ti.Zr/h1H;;;;. The first-order valence-electron chi connectivity index (χ1n) is 0. The summed E-state index contributed by atoms with van der Waals surface area (Å²) in [6, 6.07) is 0. The fraction of sp³-hybridized carbons (Fsp3) is 0. The van der Waals surface area contributed by atoms with Crippen LogP contribution in [0.3, 0.4) is 0 Å². The van der Waals surface area contributed by atoms with E-state index in [1.54, 1.807) is 0 Å². The van der Waals surface area contributed by atoms with Crippen molar-refractivity contribution in [1.82, 2.24) is 0 Å². The number of rotatable bonds is 0. The third kappa shape index (κ3) is 18.9. The minimum atomic E-state index is 0. The predicted molar refractivity (Wildman–Crippen MR) is 7.25 cm³/mol. The summed E-state index contributed by atoms with van der Waals surface area (Å²) in [5.41, 5.74) is 0. The summed E-state index contributed by atoms with van der Waals surface area (Å²) in [5.74, 6) is 0. The van der Waals surface area contributed by atoms with E-state index in [1.807, 2.05) is 0 Å². The van der Waals surface area contributed by atoms with Gasteiger partial charge in [-0.1, -0.05) is 0 Å². The largest absolute Gasteiger partial charge is 0.147 e. The second-order valence-electron chi connectivity index (χ2n) is 0. The van der Waals surface area contributed by atoms with Crippen molar-refractivity contribution in [2.75, 3.05) is 0 Å². The van der Waals surface area contributed by atoms with Gasteiger partial charge in [0.25, 0.3) is 0 Å². The molecule has 5 heteroatoms. The van der Waals surface area contributed by atoms with Gasteiger partial charge in [-0.05, 0) is 0 Å². The van der Waals surface area contributed by atoms with Gasteiger partial charge in [0.05, 0.1) is 0 Å². The van der Waals surface area contributed by atoms with Gasteiger partial charge in [0.1, 0.15) is 0 Å². The molecule has 0 aromatic carbocycles. The molecule has 0 rings (SSSR count). The number of halogens is 1. The Balaban J connectivity index is 0. The summed E-state index contributed by atoms with van der Waals surface area (Å²) in [5, 5.41) is 0. The Morgan fingerprint density at radius 3 is 1.00 bits per heavy atom.